The molecule has 1 atom stereocenters. The van der Waals surface area contributed by atoms with Gasteiger partial charge in [0.25, 0.3) is 0 Å². The van der Waals surface area contributed by atoms with Gasteiger partial charge in [0.1, 0.15) is 11.6 Å². The van der Waals surface area contributed by atoms with Crippen LogP contribution in [0.5, 0.6) is 0 Å². The smallest absolute Gasteiger partial charge is 0.410 e. The average Bonchev–Trinajstić information content (AvgIpc) is 2.41. The SMILES string of the molecule is CN(C(=O)OC(C)(C)C)[C@@H](Cc1ccc(C(C)(C)C)cc1)C(=O)O. The van der Waals surface area contributed by atoms with Crippen molar-refractivity contribution in [2.24, 2.45) is 0 Å². The molecule has 0 saturated carbocycles. The van der Waals surface area contributed by atoms with Gasteiger partial charge in [-0.15, -0.1) is 0 Å². The van der Waals surface area contributed by atoms with E-state index in [9.17, 15) is 14.7 Å². The van der Waals surface area contributed by atoms with Crippen LogP contribution >= 0.6 is 0 Å². The third-order valence-corrected chi connectivity index (χ3v) is 3.68. The second kappa shape index (κ2) is 7.24. The van der Waals surface area contributed by atoms with E-state index in [4.69, 9.17) is 4.74 Å². The van der Waals surface area contributed by atoms with Crippen molar-refractivity contribution in [1.82, 2.24) is 4.90 Å². The number of hydrogen-bond donors (Lipinski definition) is 1. The summed E-state index contributed by atoms with van der Waals surface area (Å²) in [6, 6.07) is 6.86. The van der Waals surface area contributed by atoms with Gasteiger partial charge in [-0.3, -0.25) is 4.90 Å². The van der Waals surface area contributed by atoms with E-state index in [0.29, 0.717) is 0 Å². The molecule has 5 nitrogen and oxygen atoms in total. The lowest BCUT2D eigenvalue weighted by Crippen LogP contribution is -2.46. The Balaban J connectivity index is 2.90. The summed E-state index contributed by atoms with van der Waals surface area (Å²) in [6.45, 7) is 11.6. The second-order valence-corrected chi connectivity index (χ2v) is 8.10. The predicted octanol–water partition coefficient (Wildman–Crippen LogP) is 3.85. The average molecular weight is 335 g/mol. The van der Waals surface area contributed by atoms with Gasteiger partial charge < -0.3 is 9.84 Å². The Labute approximate surface area is 144 Å². The zero-order chi connectivity index (χ0) is 18.7. The maximum atomic E-state index is 12.1. The first-order chi connectivity index (χ1) is 10.8. The van der Waals surface area contributed by atoms with Crippen LogP contribution in [0.4, 0.5) is 4.79 Å². The Hall–Kier alpha value is -2.04. The molecule has 1 aromatic carbocycles. The molecule has 0 heterocycles. The quantitative estimate of drug-likeness (QED) is 0.907. The molecule has 0 unspecified atom stereocenters. The van der Waals surface area contributed by atoms with Gasteiger partial charge >= 0.3 is 12.1 Å². The van der Waals surface area contributed by atoms with E-state index >= 15 is 0 Å². The van der Waals surface area contributed by atoms with E-state index in [1.165, 1.54) is 12.6 Å². The van der Waals surface area contributed by atoms with Gasteiger partial charge in [0.15, 0.2) is 0 Å². The number of aliphatic carboxylic acids is 1. The zero-order valence-corrected chi connectivity index (χ0v) is 15.7. The van der Waals surface area contributed by atoms with Crippen molar-refractivity contribution >= 4 is 12.1 Å². The van der Waals surface area contributed by atoms with Crippen LogP contribution in [0, 0.1) is 0 Å². The number of hydrogen-bond acceptors (Lipinski definition) is 3. The summed E-state index contributed by atoms with van der Waals surface area (Å²) in [5.74, 6) is -1.05. The molecule has 0 bridgehead atoms. The van der Waals surface area contributed by atoms with Crippen LogP contribution in [-0.4, -0.2) is 40.8 Å². The molecule has 1 N–H and O–H groups in total. The zero-order valence-electron chi connectivity index (χ0n) is 15.7. The summed E-state index contributed by atoms with van der Waals surface area (Å²) in [5.41, 5.74) is 1.42. The summed E-state index contributed by atoms with van der Waals surface area (Å²) in [6.07, 6.45) is -0.406. The van der Waals surface area contributed by atoms with Crippen molar-refractivity contribution in [2.45, 2.75) is 65.0 Å². The van der Waals surface area contributed by atoms with E-state index in [1.807, 2.05) is 24.3 Å². The number of carbonyl (C=O) groups excluding carboxylic acids is 1. The predicted molar refractivity (Wildman–Crippen MR) is 94.3 cm³/mol. The third kappa shape index (κ3) is 5.87. The molecule has 0 aliphatic carbocycles. The molecule has 1 amide bonds. The molecule has 134 valence electrons. The lowest BCUT2D eigenvalue weighted by molar-refractivity contribution is -0.142. The summed E-state index contributed by atoms with van der Waals surface area (Å²) >= 11 is 0. The van der Waals surface area contributed by atoms with Crippen molar-refractivity contribution in [1.29, 1.82) is 0 Å². The van der Waals surface area contributed by atoms with E-state index in [1.54, 1.807) is 20.8 Å². The minimum atomic E-state index is -1.05. The largest absolute Gasteiger partial charge is 0.480 e. The van der Waals surface area contributed by atoms with Gasteiger partial charge in [0.2, 0.25) is 0 Å². The summed E-state index contributed by atoms with van der Waals surface area (Å²) in [4.78, 5) is 24.9. The Morgan fingerprint density at radius 1 is 1.08 bits per heavy atom. The second-order valence-electron chi connectivity index (χ2n) is 8.10. The number of nitrogens with zero attached hydrogens (tertiary/aromatic N) is 1. The van der Waals surface area contributed by atoms with Crippen LogP contribution in [-0.2, 0) is 21.4 Å². The fourth-order valence-corrected chi connectivity index (χ4v) is 2.22. The van der Waals surface area contributed by atoms with Crippen LogP contribution in [0.3, 0.4) is 0 Å². The van der Waals surface area contributed by atoms with Crippen LogP contribution in [0.15, 0.2) is 24.3 Å². The number of likely N-dealkylation sites (N-methyl/N-ethyl adjacent to an activating group) is 1. The van der Waals surface area contributed by atoms with Crippen molar-refractivity contribution in [3.05, 3.63) is 35.4 Å². The molecule has 1 rings (SSSR count). The first-order valence-corrected chi connectivity index (χ1v) is 8.09. The topological polar surface area (TPSA) is 66.8 Å². The maximum absolute atomic E-state index is 12.1. The maximum Gasteiger partial charge on any atom is 0.410 e. The number of carboxylic acids is 1. The molecular weight excluding hydrogens is 306 g/mol. The van der Waals surface area contributed by atoms with E-state index < -0.39 is 23.7 Å². The summed E-state index contributed by atoms with van der Waals surface area (Å²) in [5, 5.41) is 9.49. The highest BCUT2D eigenvalue weighted by molar-refractivity contribution is 5.80. The number of rotatable bonds is 4. The minimum Gasteiger partial charge on any atom is -0.480 e. The Kier molecular flexibility index (Phi) is 6.04. The van der Waals surface area contributed by atoms with Crippen LogP contribution < -0.4 is 0 Å². The first-order valence-electron chi connectivity index (χ1n) is 8.09. The number of amides is 1. The minimum absolute atomic E-state index is 0.0397. The van der Waals surface area contributed by atoms with Crippen molar-refractivity contribution in [2.75, 3.05) is 7.05 Å². The van der Waals surface area contributed by atoms with Crippen LogP contribution in [0.1, 0.15) is 52.7 Å². The molecule has 0 saturated heterocycles. The normalized spacial score (nSPS) is 13.3. The molecule has 0 aliphatic rings. The monoisotopic (exact) mass is 335 g/mol. The fraction of sp³-hybridized carbons (Fsp3) is 0.579. The van der Waals surface area contributed by atoms with Gasteiger partial charge in [-0.1, -0.05) is 45.0 Å². The van der Waals surface area contributed by atoms with Gasteiger partial charge in [-0.2, -0.15) is 0 Å². The first kappa shape index (κ1) is 20.0. The van der Waals surface area contributed by atoms with E-state index in [-0.39, 0.29) is 11.8 Å². The molecule has 0 fully saturated rings. The number of carbonyl (C=O) groups is 2. The summed E-state index contributed by atoms with van der Waals surface area (Å²) in [7, 11) is 1.45. The summed E-state index contributed by atoms with van der Waals surface area (Å²) < 4.78 is 5.26. The third-order valence-electron chi connectivity index (χ3n) is 3.68. The van der Waals surface area contributed by atoms with Gasteiger partial charge in [-0.05, 0) is 37.3 Å². The highest BCUT2D eigenvalue weighted by Gasteiger charge is 2.30. The molecule has 1 aromatic rings. The Morgan fingerprint density at radius 3 is 1.96 bits per heavy atom. The molecule has 0 aliphatic heterocycles. The van der Waals surface area contributed by atoms with E-state index in [0.717, 1.165) is 10.5 Å². The Morgan fingerprint density at radius 2 is 1.58 bits per heavy atom. The molecule has 0 aromatic heterocycles. The van der Waals surface area contributed by atoms with Gasteiger partial charge in [0, 0.05) is 13.5 Å². The van der Waals surface area contributed by atoms with Crippen LogP contribution in [0.2, 0.25) is 0 Å². The molecule has 24 heavy (non-hydrogen) atoms. The Bertz CT molecular complexity index is 579. The lowest BCUT2D eigenvalue weighted by atomic mass is 9.86. The molecular formula is C19H29NO4. The number of ether oxygens (including phenoxy) is 1. The van der Waals surface area contributed by atoms with Gasteiger partial charge in [-0.25, -0.2) is 9.59 Å². The van der Waals surface area contributed by atoms with Crippen molar-refractivity contribution in [3.63, 3.8) is 0 Å². The van der Waals surface area contributed by atoms with Crippen molar-refractivity contribution in [3.8, 4) is 0 Å². The molecule has 0 spiro atoms. The highest BCUT2D eigenvalue weighted by Crippen LogP contribution is 2.23. The highest BCUT2D eigenvalue weighted by atomic mass is 16.6. The lowest BCUT2D eigenvalue weighted by Gasteiger charge is -2.28. The number of benzene rings is 1. The standard InChI is InChI=1S/C19H29NO4/c1-18(2,3)14-10-8-13(9-11-14)12-15(16(21)22)20(7)17(23)24-19(4,5)6/h8-11,15H,12H2,1-7H3,(H,21,22)/t15-/m0/s1. The van der Waals surface area contributed by atoms with E-state index in [2.05, 4.69) is 20.8 Å². The van der Waals surface area contributed by atoms with Gasteiger partial charge in [0.05, 0.1) is 0 Å². The fourth-order valence-electron chi connectivity index (χ4n) is 2.22. The van der Waals surface area contributed by atoms with Crippen molar-refractivity contribution < 1.29 is 19.4 Å². The molecule has 0 radical (unpaired) electrons. The number of carboxylic acid groups (broad SMARTS) is 1. The van der Waals surface area contributed by atoms with Crippen LogP contribution in [0.25, 0.3) is 0 Å². The molecule has 5 heteroatoms.